The predicted molar refractivity (Wildman–Crippen MR) is 46.3 cm³/mol. The van der Waals surface area contributed by atoms with E-state index in [2.05, 4.69) is 19.6 Å². The Morgan fingerprint density at radius 2 is 2.36 bits per heavy atom. The van der Waals surface area contributed by atoms with E-state index in [9.17, 15) is 0 Å². The fraction of sp³-hybridized carbons (Fsp3) is 1.00. The molecule has 4 N–H and O–H groups in total. The van der Waals surface area contributed by atoms with Crippen molar-refractivity contribution in [1.29, 1.82) is 0 Å². The highest BCUT2D eigenvalue weighted by atomic mass is 15.2. The lowest BCUT2D eigenvalue weighted by Crippen LogP contribution is -3.18. The van der Waals surface area contributed by atoms with Crippen LogP contribution in [0.1, 0.15) is 26.7 Å². The summed E-state index contributed by atoms with van der Waals surface area (Å²) in [5.74, 6) is 0.938. The van der Waals surface area contributed by atoms with Crippen LogP contribution < -0.4 is 10.6 Å². The van der Waals surface area contributed by atoms with Gasteiger partial charge < -0.3 is 10.6 Å². The molecule has 66 valence electrons. The second-order valence-corrected chi connectivity index (χ2v) is 4.05. The average Bonchev–Trinajstić information content (AvgIpc) is 2.03. The summed E-state index contributed by atoms with van der Waals surface area (Å²) in [6, 6.07) is 0.776. The van der Waals surface area contributed by atoms with Crippen LogP contribution in [-0.4, -0.2) is 25.7 Å². The minimum Gasteiger partial charge on any atom is -0.353 e. The normalized spacial score (nSPS) is 35.2. The van der Waals surface area contributed by atoms with Gasteiger partial charge in [0.25, 0.3) is 0 Å². The summed E-state index contributed by atoms with van der Waals surface area (Å²) in [4.78, 5) is 1.78. The van der Waals surface area contributed by atoms with Gasteiger partial charge in [-0.3, -0.25) is 0 Å². The molecule has 1 fully saturated rings. The Morgan fingerprint density at radius 1 is 1.64 bits per heavy atom. The van der Waals surface area contributed by atoms with Gasteiger partial charge in [-0.1, -0.05) is 6.92 Å². The zero-order chi connectivity index (χ0) is 8.27. The molecule has 0 aromatic heterocycles. The minimum atomic E-state index is 0.776. The third kappa shape index (κ3) is 2.46. The molecule has 11 heavy (non-hydrogen) atoms. The lowest BCUT2D eigenvalue weighted by atomic mass is 9.99. The highest BCUT2D eigenvalue weighted by molar-refractivity contribution is 4.57. The standard InChI is InChI=1S/C9H20N2/c1-8-4-3-5-11(7-8)9(2)6-10/h8-9H,3-7,10H2,1-2H3/p+2/t8-,9-/m0/s1. The van der Waals surface area contributed by atoms with Crippen LogP contribution in [0.15, 0.2) is 0 Å². The van der Waals surface area contributed by atoms with Crippen LogP contribution in [0.5, 0.6) is 0 Å². The van der Waals surface area contributed by atoms with Crippen molar-refractivity contribution in [2.75, 3.05) is 19.6 Å². The van der Waals surface area contributed by atoms with Gasteiger partial charge >= 0.3 is 0 Å². The highest BCUT2D eigenvalue weighted by Crippen LogP contribution is 2.04. The molecule has 0 spiro atoms. The lowest BCUT2D eigenvalue weighted by Gasteiger charge is -2.30. The van der Waals surface area contributed by atoms with Gasteiger partial charge in [0.2, 0.25) is 0 Å². The van der Waals surface area contributed by atoms with E-state index in [0.717, 1.165) is 18.5 Å². The summed E-state index contributed by atoms with van der Waals surface area (Å²) >= 11 is 0. The Hall–Kier alpha value is -0.0800. The number of rotatable bonds is 2. The monoisotopic (exact) mass is 158 g/mol. The molecule has 1 saturated heterocycles. The van der Waals surface area contributed by atoms with Crippen LogP contribution in [0.25, 0.3) is 0 Å². The smallest absolute Gasteiger partial charge is 0.134 e. The fourth-order valence-corrected chi connectivity index (χ4v) is 1.98. The molecule has 0 aromatic rings. The molecule has 3 atom stereocenters. The molecular weight excluding hydrogens is 136 g/mol. The number of piperidine rings is 1. The topological polar surface area (TPSA) is 32.1 Å². The average molecular weight is 158 g/mol. The Balaban J connectivity index is 2.33. The van der Waals surface area contributed by atoms with Crippen molar-refractivity contribution in [3.05, 3.63) is 0 Å². The number of quaternary nitrogens is 2. The van der Waals surface area contributed by atoms with Crippen LogP contribution in [-0.2, 0) is 0 Å². The van der Waals surface area contributed by atoms with E-state index in [4.69, 9.17) is 0 Å². The van der Waals surface area contributed by atoms with Crippen molar-refractivity contribution < 1.29 is 10.6 Å². The summed E-state index contributed by atoms with van der Waals surface area (Å²) in [7, 11) is 0. The van der Waals surface area contributed by atoms with Gasteiger partial charge in [-0.05, 0) is 19.8 Å². The molecule has 2 nitrogen and oxygen atoms in total. The minimum absolute atomic E-state index is 0.776. The summed E-state index contributed by atoms with van der Waals surface area (Å²) in [6.07, 6.45) is 2.86. The van der Waals surface area contributed by atoms with Crippen molar-refractivity contribution in [3.8, 4) is 0 Å². The second-order valence-electron chi connectivity index (χ2n) is 4.05. The molecule has 1 unspecified atom stereocenters. The van der Waals surface area contributed by atoms with E-state index in [0.29, 0.717) is 0 Å². The molecule has 1 rings (SSSR count). The number of hydrogen-bond acceptors (Lipinski definition) is 0. The Kier molecular flexibility index (Phi) is 3.34. The quantitative estimate of drug-likeness (QED) is 0.513. The Labute approximate surface area is 69.8 Å². The molecule has 0 radical (unpaired) electrons. The molecule has 2 heteroatoms. The number of hydrogen-bond donors (Lipinski definition) is 2. The van der Waals surface area contributed by atoms with Gasteiger partial charge in [-0.2, -0.15) is 0 Å². The van der Waals surface area contributed by atoms with Gasteiger partial charge in [0, 0.05) is 5.92 Å². The third-order valence-electron chi connectivity index (χ3n) is 2.94. The van der Waals surface area contributed by atoms with Gasteiger partial charge in [-0.25, -0.2) is 0 Å². The molecule has 0 amide bonds. The van der Waals surface area contributed by atoms with Crippen molar-refractivity contribution in [2.24, 2.45) is 5.92 Å². The molecular formula is C9H22N2+2. The molecule has 1 heterocycles. The first kappa shape index (κ1) is 9.01. The summed E-state index contributed by atoms with van der Waals surface area (Å²) in [5, 5.41) is 0. The zero-order valence-electron chi connectivity index (χ0n) is 7.90. The van der Waals surface area contributed by atoms with Crippen LogP contribution in [0, 0.1) is 5.92 Å². The first-order valence-electron chi connectivity index (χ1n) is 4.88. The lowest BCUT2D eigenvalue weighted by molar-refractivity contribution is -0.936. The van der Waals surface area contributed by atoms with Crippen LogP contribution in [0.4, 0.5) is 0 Å². The third-order valence-corrected chi connectivity index (χ3v) is 2.94. The van der Waals surface area contributed by atoms with Crippen LogP contribution in [0.2, 0.25) is 0 Å². The van der Waals surface area contributed by atoms with Crippen molar-refractivity contribution in [1.82, 2.24) is 0 Å². The van der Waals surface area contributed by atoms with E-state index in [1.54, 1.807) is 4.90 Å². The molecule has 0 aliphatic carbocycles. The molecule has 1 aliphatic heterocycles. The highest BCUT2D eigenvalue weighted by Gasteiger charge is 2.24. The Bertz CT molecular complexity index is 114. The summed E-state index contributed by atoms with van der Waals surface area (Å²) in [6.45, 7) is 8.52. The first-order valence-corrected chi connectivity index (χ1v) is 4.88. The van der Waals surface area contributed by atoms with Crippen molar-refractivity contribution >= 4 is 0 Å². The first-order chi connectivity index (χ1) is 5.24. The van der Waals surface area contributed by atoms with E-state index >= 15 is 0 Å². The van der Waals surface area contributed by atoms with E-state index < -0.39 is 0 Å². The predicted octanol–water partition coefficient (Wildman–Crippen LogP) is -1.07. The Morgan fingerprint density at radius 3 is 2.91 bits per heavy atom. The largest absolute Gasteiger partial charge is 0.353 e. The van der Waals surface area contributed by atoms with Crippen LogP contribution in [0.3, 0.4) is 0 Å². The maximum atomic E-state index is 3.97. The van der Waals surface area contributed by atoms with Crippen molar-refractivity contribution in [3.63, 3.8) is 0 Å². The number of likely N-dealkylation sites (tertiary alicyclic amines) is 1. The van der Waals surface area contributed by atoms with Gasteiger partial charge in [0.05, 0.1) is 13.1 Å². The molecule has 0 aromatic carbocycles. The van der Waals surface area contributed by atoms with Crippen LogP contribution >= 0.6 is 0 Å². The maximum Gasteiger partial charge on any atom is 0.134 e. The zero-order valence-corrected chi connectivity index (χ0v) is 7.90. The maximum absolute atomic E-state index is 3.97. The molecule has 0 bridgehead atoms. The molecule has 0 saturated carbocycles. The van der Waals surface area contributed by atoms with E-state index in [1.807, 2.05) is 0 Å². The second kappa shape index (κ2) is 4.07. The summed E-state index contributed by atoms with van der Waals surface area (Å²) in [5.41, 5.74) is 3.97. The van der Waals surface area contributed by atoms with E-state index in [-0.39, 0.29) is 0 Å². The van der Waals surface area contributed by atoms with Gasteiger partial charge in [0.15, 0.2) is 0 Å². The SMILES string of the molecule is C[C@H]1CCC[NH+]([C@@H](C)C[NH3+])C1. The molecule has 1 aliphatic rings. The number of nitrogens with one attached hydrogen (secondary N) is 1. The van der Waals surface area contributed by atoms with Gasteiger partial charge in [0.1, 0.15) is 12.6 Å². The van der Waals surface area contributed by atoms with Gasteiger partial charge in [-0.15, -0.1) is 0 Å². The fourth-order valence-electron chi connectivity index (χ4n) is 1.98. The summed E-state index contributed by atoms with van der Waals surface area (Å²) < 4.78 is 0. The van der Waals surface area contributed by atoms with E-state index in [1.165, 1.54) is 25.9 Å². The van der Waals surface area contributed by atoms with Crippen molar-refractivity contribution in [2.45, 2.75) is 32.7 Å².